The lowest BCUT2D eigenvalue weighted by molar-refractivity contribution is -0.116. The van der Waals surface area contributed by atoms with Crippen molar-refractivity contribution in [1.82, 2.24) is 14.9 Å². The Morgan fingerprint density at radius 3 is 2.79 bits per heavy atom. The van der Waals surface area contributed by atoms with Gasteiger partial charge >= 0.3 is 5.69 Å². The number of carbonyl (C=O) groups excluding carboxylic acids is 1. The number of nitrogens with zero attached hydrogens (tertiary/aromatic N) is 1. The summed E-state index contributed by atoms with van der Waals surface area (Å²) in [6.45, 7) is 0.812. The van der Waals surface area contributed by atoms with Crippen molar-refractivity contribution >= 4 is 12.0 Å². The molecule has 0 spiro atoms. The van der Waals surface area contributed by atoms with E-state index in [1.54, 1.807) is 0 Å². The maximum Gasteiger partial charge on any atom is 0.330 e. The van der Waals surface area contributed by atoms with Crippen LogP contribution in [0.4, 0.5) is 0 Å². The number of rotatable bonds is 10. The molecule has 0 radical (unpaired) electrons. The number of H-pyrrole nitrogens is 1. The molecule has 1 aromatic heterocycles. The third-order valence-electron chi connectivity index (χ3n) is 4.53. The van der Waals surface area contributed by atoms with E-state index in [-0.39, 0.29) is 24.5 Å². The lowest BCUT2D eigenvalue weighted by Crippen LogP contribution is -2.33. The second-order valence-electron chi connectivity index (χ2n) is 6.69. The number of hydrogen-bond acceptors (Lipinski definition) is 7. The van der Waals surface area contributed by atoms with Gasteiger partial charge in [-0.2, -0.15) is 0 Å². The fourth-order valence-corrected chi connectivity index (χ4v) is 2.94. The Kier molecular flexibility index (Phi) is 8.58. The number of aliphatic hydroxyl groups excluding tert-OH is 2. The first-order valence-electron chi connectivity index (χ1n) is 9.42. The summed E-state index contributed by atoms with van der Waals surface area (Å²) in [6, 6.07) is 0. The number of aliphatic hydroxyl groups is 2. The number of ether oxygens (including phenoxy) is 1. The highest BCUT2D eigenvalue weighted by Crippen LogP contribution is 2.27. The molecule has 28 heavy (non-hydrogen) atoms. The van der Waals surface area contributed by atoms with Gasteiger partial charge in [-0.15, -0.1) is 0 Å². The summed E-state index contributed by atoms with van der Waals surface area (Å²) < 4.78 is 6.57. The lowest BCUT2D eigenvalue weighted by Gasteiger charge is -2.14. The van der Waals surface area contributed by atoms with Crippen LogP contribution in [-0.2, 0) is 9.53 Å². The van der Waals surface area contributed by atoms with E-state index in [4.69, 9.17) is 15.6 Å². The van der Waals surface area contributed by atoms with Crippen LogP contribution in [0.3, 0.4) is 0 Å². The molecule has 1 aliphatic heterocycles. The SMILES string of the molecule is NCCCCCCNC(=O)/C=C/c1cn([C@H]2C[C@@H](O)[C@@H](CO)O2)c(=O)[nH]c1=O. The van der Waals surface area contributed by atoms with Crippen LogP contribution in [0.1, 0.15) is 43.9 Å². The number of amides is 1. The van der Waals surface area contributed by atoms with Gasteiger partial charge in [0.25, 0.3) is 5.56 Å². The number of hydrogen-bond donors (Lipinski definition) is 5. The first-order chi connectivity index (χ1) is 13.5. The highest BCUT2D eigenvalue weighted by Gasteiger charge is 2.35. The summed E-state index contributed by atoms with van der Waals surface area (Å²) in [6.07, 6.45) is 5.20. The summed E-state index contributed by atoms with van der Waals surface area (Å²) in [4.78, 5) is 38.0. The topological polar surface area (TPSA) is 160 Å². The summed E-state index contributed by atoms with van der Waals surface area (Å²) in [5, 5.41) is 21.7. The van der Waals surface area contributed by atoms with E-state index in [0.29, 0.717) is 13.1 Å². The monoisotopic (exact) mass is 396 g/mol. The van der Waals surface area contributed by atoms with Gasteiger partial charge < -0.3 is 26.0 Å². The number of unbranched alkanes of at least 4 members (excludes halogenated alkanes) is 3. The summed E-state index contributed by atoms with van der Waals surface area (Å²) in [5.41, 5.74) is 4.19. The number of aromatic nitrogens is 2. The zero-order chi connectivity index (χ0) is 20.5. The van der Waals surface area contributed by atoms with E-state index in [2.05, 4.69) is 10.3 Å². The largest absolute Gasteiger partial charge is 0.394 e. The van der Waals surface area contributed by atoms with Gasteiger partial charge in [0.2, 0.25) is 5.91 Å². The lowest BCUT2D eigenvalue weighted by atomic mass is 10.2. The Hall–Kier alpha value is -2.27. The zero-order valence-electron chi connectivity index (χ0n) is 15.7. The molecule has 6 N–H and O–H groups in total. The molecule has 1 saturated heterocycles. The van der Waals surface area contributed by atoms with Crippen molar-refractivity contribution < 1.29 is 19.7 Å². The maximum atomic E-state index is 12.0. The molecule has 0 aromatic carbocycles. The molecule has 0 bridgehead atoms. The molecule has 156 valence electrons. The number of aromatic amines is 1. The second kappa shape index (κ2) is 10.9. The van der Waals surface area contributed by atoms with Crippen molar-refractivity contribution in [2.24, 2.45) is 5.73 Å². The molecule has 3 atom stereocenters. The molecule has 1 aromatic rings. The van der Waals surface area contributed by atoms with Gasteiger partial charge in [0, 0.05) is 25.2 Å². The fraction of sp³-hybridized carbons (Fsp3) is 0.611. The molecule has 0 aliphatic carbocycles. The first kappa shape index (κ1) is 22.0. The van der Waals surface area contributed by atoms with Gasteiger partial charge in [-0.1, -0.05) is 12.8 Å². The van der Waals surface area contributed by atoms with E-state index >= 15 is 0 Å². The van der Waals surface area contributed by atoms with Crippen LogP contribution in [-0.4, -0.2) is 57.6 Å². The van der Waals surface area contributed by atoms with Crippen LogP contribution in [0.25, 0.3) is 6.08 Å². The minimum atomic E-state index is -0.913. The van der Waals surface area contributed by atoms with Crippen molar-refractivity contribution in [3.63, 3.8) is 0 Å². The average molecular weight is 396 g/mol. The predicted octanol–water partition coefficient (Wildman–Crippen LogP) is -1.17. The minimum absolute atomic E-state index is 0.100. The molecule has 2 heterocycles. The van der Waals surface area contributed by atoms with Gasteiger partial charge in [0.05, 0.1) is 18.3 Å². The summed E-state index contributed by atoms with van der Waals surface area (Å²) >= 11 is 0. The van der Waals surface area contributed by atoms with Gasteiger partial charge in [0.15, 0.2) is 0 Å². The van der Waals surface area contributed by atoms with Gasteiger partial charge in [-0.05, 0) is 25.5 Å². The molecule has 10 nitrogen and oxygen atoms in total. The number of carbonyl (C=O) groups is 1. The smallest absolute Gasteiger partial charge is 0.330 e. The van der Waals surface area contributed by atoms with Crippen LogP contribution >= 0.6 is 0 Å². The number of nitrogens with two attached hydrogens (primary N) is 1. The van der Waals surface area contributed by atoms with Crippen LogP contribution in [0.2, 0.25) is 0 Å². The molecule has 0 unspecified atom stereocenters. The van der Waals surface area contributed by atoms with Gasteiger partial charge in [-0.25, -0.2) is 4.79 Å². The molecule has 10 heteroatoms. The van der Waals surface area contributed by atoms with E-state index < -0.39 is 29.7 Å². The Morgan fingerprint density at radius 2 is 2.11 bits per heavy atom. The van der Waals surface area contributed by atoms with Crippen molar-refractivity contribution in [3.8, 4) is 0 Å². The van der Waals surface area contributed by atoms with Crippen molar-refractivity contribution in [3.05, 3.63) is 38.7 Å². The van der Waals surface area contributed by atoms with E-state index in [1.807, 2.05) is 0 Å². The molecule has 1 aliphatic rings. The highest BCUT2D eigenvalue weighted by molar-refractivity contribution is 5.91. The summed E-state index contributed by atoms with van der Waals surface area (Å²) in [5.74, 6) is -0.344. The molecular weight excluding hydrogens is 368 g/mol. The van der Waals surface area contributed by atoms with Crippen molar-refractivity contribution in [1.29, 1.82) is 0 Å². The van der Waals surface area contributed by atoms with Crippen LogP contribution in [0, 0.1) is 0 Å². The Bertz CT molecular complexity index is 787. The standard InChI is InChI=1S/C18H28N4O6/c19-7-3-1-2-4-8-20-15(25)6-5-12-10-22(18(27)21-17(12)26)16-9-13(24)14(11-23)28-16/h5-6,10,13-14,16,23-24H,1-4,7-9,11,19H2,(H,20,25)(H,21,26,27)/b6-5+/t13-,14-,16-/m1/s1. The van der Waals surface area contributed by atoms with Crippen LogP contribution < -0.4 is 22.3 Å². The third-order valence-corrected chi connectivity index (χ3v) is 4.53. The quantitative estimate of drug-likeness (QED) is 0.246. The van der Waals surface area contributed by atoms with Crippen molar-refractivity contribution in [2.45, 2.75) is 50.5 Å². The van der Waals surface area contributed by atoms with E-state index in [0.717, 1.165) is 30.3 Å². The van der Waals surface area contributed by atoms with Crippen molar-refractivity contribution in [2.75, 3.05) is 19.7 Å². The van der Waals surface area contributed by atoms with E-state index in [9.17, 15) is 19.5 Å². The Labute approximate surface area is 162 Å². The van der Waals surface area contributed by atoms with Gasteiger partial charge in [-0.3, -0.25) is 19.1 Å². The van der Waals surface area contributed by atoms with Gasteiger partial charge in [0.1, 0.15) is 12.3 Å². The Morgan fingerprint density at radius 1 is 1.36 bits per heavy atom. The number of nitrogens with one attached hydrogen (secondary N) is 2. The molecule has 0 saturated carbocycles. The molecule has 2 rings (SSSR count). The van der Waals surface area contributed by atoms with E-state index in [1.165, 1.54) is 18.3 Å². The second-order valence-corrected chi connectivity index (χ2v) is 6.69. The van der Waals surface area contributed by atoms with Crippen LogP contribution in [0.5, 0.6) is 0 Å². The normalized spacial score (nSPS) is 22.0. The third kappa shape index (κ3) is 6.13. The summed E-state index contributed by atoms with van der Waals surface area (Å²) in [7, 11) is 0. The average Bonchev–Trinajstić information content (AvgIpc) is 3.04. The predicted molar refractivity (Wildman–Crippen MR) is 103 cm³/mol. The molecular formula is C18H28N4O6. The molecule has 1 fully saturated rings. The Balaban J connectivity index is 1.98. The minimum Gasteiger partial charge on any atom is -0.394 e. The fourth-order valence-electron chi connectivity index (χ4n) is 2.94. The zero-order valence-corrected chi connectivity index (χ0v) is 15.7. The highest BCUT2D eigenvalue weighted by atomic mass is 16.5. The maximum absolute atomic E-state index is 12.0. The first-order valence-corrected chi connectivity index (χ1v) is 9.42. The molecule has 1 amide bonds. The van der Waals surface area contributed by atoms with Crippen LogP contribution in [0.15, 0.2) is 21.9 Å².